The second-order valence-corrected chi connectivity index (χ2v) is 5.47. The van der Waals surface area contributed by atoms with Gasteiger partial charge in [0, 0.05) is 5.54 Å². The summed E-state index contributed by atoms with van der Waals surface area (Å²) in [6.45, 7) is 6.82. The van der Waals surface area contributed by atoms with Crippen LogP contribution < -0.4 is 5.73 Å². The van der Waals surface area contributed by atoms with E-state index in [1.54, 1.807) is 0 Å². The van der Waals surface area contributed by atoms with Crippen LogP contribution in [0, 0.1) is 11.8 Å². The predicted octanol–water partition coefficient (Wildman–Crippen LogP) is 3.72. The molecule has 0 aromatic carbocycles. The lowest BCUT2D eigenvalue weighted by Gasteiger charge is -2.40. The van der Waals surface area contributed by atoms with Gasteiger partial charge in [-0.25, -0.2) is 0 Å². The summed E-state index contributed by atoms with van der Waals surface area (Å²) in [7, 11) is 0. The van der Waals surface area contributed by atoms with Crippen LogP contribution in [0.15, 0.2) is 0 Å². The van der Waals surface area contributed by atoms with Crippen LogP contribution in [-0.4, -0.2) is 5.54 Å². The predicted molar refractivity (Wildman–Crippen MR) is 63.2 cm³/mol. The van der Waals surface area contributed by atoms with Gasteiger partial charge in [-0.05, 0) is 37.5 Å². The van der Waals surface area contributed by atoms with Gasteiger partial charge in [-0.2, -0.15) is 0 Å². The van der Waals surface area contributed by atoms with E-state index in [9.17, 15) is 0 Å². The van der Waals surface area contributed by atoms with E-state index in [-0.39, 0.29) is 5.54 Å². The molecule has 1 heteroatoms. The number of rotatable bonds is 4. The van der Waals surface area contributed by atoms with Gasteiger partial charge in [0.2, 0.25) is 0 Å². The van der Waals surface area contributed by atoms with Crippen LogP contribution in [0.25, 0.3) is 0 Å². The Morgan fingerprint density at radius 3 is 2.29 bits per heavy atom. The first-order valence-electron chi connectivity index (χ1n) is 6.37. The zero-order chi connectivity index (χ0) is 10.6. The summed E-state index contributed by atoms with van der Waals surface area (Å²) in [4.78, 5) is 0. The summed E-state index contributed by atoms with van der Waals surface area (Å²) in [5, 5.41) is 0. The fourth-order valence-electron chi connectivity index (χ4n) is 2.57. The average molecular weight is 197 g/mol. The summed E-state index contributed by atoms with van der Waals surface area (Å²) in [6.07, 6.45) is 9.42. The lowest BCUT2D eigenvalue weighted by Crippen LogP contribution is -2.47. The SMILES string of the molecule is CCCCC1CCC(N)(C(C)C)CC1. The molecule has 0 atom stereocenters. The molecule has 0 heterocycles. The van der Waals surface area contributed by atoms with Crippen molar-refractivity contribution in [2.24, 2.45) is 17.6 Å². The minimum atomic E-state index is 0.155. The maximum absolute atomic E-state index is 6.39. The number of hydrogen-bond donors (Lipinski definition) is 1. The van der Waals surface area contributed by atoms with E-state index in [1.807, 2.05) is 0 Å². The summed E-state index contributed by atoms with van der Waals surface area (Å²) in [5.74, 6) is 1.63. The Bertz CT molecular complexity index is 155. The fraction of sp³-hybridized carbons (Fsp3) is 1.00. The van der Waals surface area contributed by atoms with Crippen molar-refractivity contribution in [3.05, 3.63) is 0 Å². The molecule has 0 saturated heterocycles. The highest BCUT2D eigenvalue weighted by Gasteiger charge is 2.33. The van der Waals surface area contributed by atoms with E-state index in [1.165, 1.54) is 44.9 Å². The van der Waals surface area contributed by atoms with Crippen LogP contribution in [0.1, 0.15) is 65.7 Å². The summed E-state index contributed by atoms with van der Waals surface area (Å²) in [5.41, 5.74) is 6.55. The highest BCUT2D eigenvalue weighted by Crippen LogP contribution is 2.36. The zero-order valence-electron chi connectivity index (χ0n) is 10.2. The summed E-state index contributed by atoms with van der Waals surface area (Å²) < 4.78 is 0. The molecule has 84 valence electrons. The Labute approximate surface area is 89.5 Å². The normalized spacial score (nSPS) is 33.6. The van der Waals surface area contributed by atoms with Gasteiger partial charge in [-0.15, -0.1) is 0 Å². The second-order valence-electron chi connectivity index (χ2n) is 5.47. The molecule has 0 amide bonds. The van der Waals surface area contributed by atoms with E-state index in [2.05, 4.69) is 20.8 Å². The number of nitrogens with two attached hydrogens (primary N) is 1. The highest BCUT2D eigenvalue weighted by molar-refractivity contribution is 4.92. The molecular formula is C13H27N. The molecule has 0 aliphatic heterocycles. The third-order valence-electron chi connectivity index (χ3n) is 4.15. The maximum Gasteiger partial charge on any atom is 0.0177 e. The first kappa shape index (κ1) is 12.0. The van der Waals surface area contributed by atoms with Crippen LogP contribution in [0.5, 0.6) is 0 Å². The molecule has 0 unspecified atom stereocenters. The van der Waals surface area contributed by atoms with Gasteiger partial charge >= 0.3 is 0 Å². The second kappa shape index (κ2) is 5.16. The van der Waals surface area contributed by atoms with Crippen molar-refractivity contribution in [3.63, 3.8) is 0 Å². The van der Waals surface area contributed by atoms with Crippen LogP contribution in [0.3, 0.4) is 0 Å². The Morgan fingerprint density at radius 1 is 1.29 bits per heavy atom. The number of hydrogen-bond acceptors (Lipinski definition) is 1. The molecule has 0 aromatic heterocycles. The van der Waals surface area contributed by atoms with Crippen LogP contribution in [0.4, 0.5) is 0 Å². The molecule has 0 aromatic rings. The molecule has 1 saturated carbocycles. The van der Waals surface area contributed by atoms with Gasteiger partial charge in [0.05, 0.1) is 0 Å². The first-order valence-corrected chi connectivity index (χ1v) is 6.37. The van der Waals surface area contributed by atoms with E-state index >= 15 is 0 Å². The Hall–Kier alpha value is -0.0400. The van der Waals surface area contributed by atoms with Crippen molar-refractivity contribution >= 4 is 0 Å². The van der Waals surface area contributed by atoms with Gasteiger partial charge in [0.15, 0.2) is 0 Å². The average Bonchev–Trinajstić information content (AvgIpc) is 2.17. The summed E-state index contributed by atoms with van der Waals surface area (Å²) in [6, 6.07) is 0. The van der Waals surface area contributed by atoms with Crippen molar-refractivity contribution in [1.82, 2.24) is 0 Å². The van der Waals surface area contributed by atoms with Crippen molar-refractivity contribution in [1.29, 1.82) is 0 Å². The molecule has 1 fully saturated rings. The van der Waals surface area contributed by atoms with Crippen molar-refractivity contribution in [2.45, 2.75) is 71.3 Å². The largest absolute Gasteiger partial charge is 0.325 e. The minimum Gasteiger partial charge on any atom is -0.325 e. The van der Waals surface area contributed by atoms with Crippen molar-refractivity contribution < 1.29 is 0 Å². The van der Waals surface area contributed by atoms with Crippen LogP contribution >= 0.6 is 0 Å². The van der Waals surface area contributed by atoms with Gasteiger partial charge in [0.25, 0.3) is 0 Å². The van der Waals surface area contributed by atoms with E-state index in [0.29, 0.717) is 5.92 Å². The number of unbranched alkanes of at least 4 members (excludes halogenated alkanes) is 1. The molecule has 2 N–H and O–H groups in total. The lowest BCUT2D eigenvalue weighted by atomic mass is 9.70. The monoisotopic (exact) mass is 197 g/mol. The molecule has 0 spiro atoms. The Morgan fingerprint density at radius 2 is 1.86 bits per heavy atom. The third-order valence-corrected chi connectivity index (χ3v) is 4.15. The quantitative estimate of drug-likeness (QED) is 0.730. The van der Waals surface area contributed by atoms with E-state index in [0.717, 1.165) is 5.92 Å². The standard InChI is InChI=1S/C13H27N/c1-4-5-6-12-7-9-13(14,10-8-12)11(2)3/h11-12H,4-10,14H2,1-3H3. The molecule has 0 bridgehead atoms. The molecule has 1 aliphatic carbocycles. The molecule has 14 heavy (non-hydrogen) atoms. The Balaban J connectivity index is 2.30. The van der Waals surface area contributed by atoms with Crippen molar-refractivity contribution in [3.8, 4) is 0 Å². The van der Waals surface area contributed by atoms with Crippen molar-refractivity contribution in [2.75, 3.05) is 0 Å². The van der Waals surface area contributed by atoms with Crippen LogP contribution in [-0.2, 0) is 0 Å². The van der Waals surface area contributed by atoms with Gasteiger partial charge in [-0.3, -0.25) is 0 Å². The molecule has 1 aliphatic rings. The summed E-state index contributed by atoms with van der Waals surface area (Å²) >= 11 is 0. The Kier molecular flexibility index (Phi) is 4.43. The van der Waals surface area contributed by atoms with Gasteiger partial charge < -0.3 is 5.73 Å². The fourth-order valence-corrected chi connectivity index (χ4v) is 2.57. The molecule has 0 radical (unpaired) electrons. The smallest absolute Gasteiger partial charge is 0.0177 e. The van der Waals surface area contributed by atoms with Gasteiger partial charge in [0.1, 0.15) is 0 Å². The zero-order valence-corrected chi connectivity index (χ0v) is 10.2. The minimum absolute atomic E-state index is 0.155. The lowest BCUT2D eigenvalue weighted by molar-refractivity contribution is 0.174. The topological polar surface area (TPSA) is 26.0 Å². The van der Waals surface area contributed by atoms with Gasteiger partial charge in [-0.1, -0.05) is 40.0 Å². The maximum atomic E-state index is 6.39. The van der Waals surface area contributed by atoms with E-state index in [4.69, 9.17) is 5.73 Å². The molecule has 1 rings (SSSR count). The molecule has 1 nitrogen and oxygen atoms in total. The third kappa shape index (κ3) is 2.98. The highest BCUT2D eigenvalue weighted by atomic mass is 14.8. The first-order chi connectivity index (χ1) is 6.58. The van der Waals surface area contributed by atoms with Crippen LogP contribution in [0.2, 0.25) is 0 Å². The van der Waals surface area contributed by atoms with E-state index < -0.39 is 0 Å². The molecular weight excluding hydrogens is 170 g/mol.